The summed E-state index contributed by atoms with van der Waals surface area (Å²) in [5.41, 5.74) is 0. The lowest BCUT2D eigenvalue weighted by atomic mass is 9.69. The third-order valence-corrected chi connectivity index (χ3v) is 12.6. The van der Waals surface area contributed by atoms with Gasteiger partial charge in [-0.1, -0.05) is 26.2 Å². The van der Waals surface area contributed by atoms with E-state index in [0.717, 1.165) is 94.8 Å². The summed E-state index contributed by atoms with van der Waals surface area (Å²) in [6, 6.07) is 0. The van der Waals surface area contributed by atoms with Gasteiger partial charge in [-0.2, -0.15) is 0 Å². The number of carbonyl (C=O) groups is 2. The Morgan fingerprint density at radius 1 is 0.537 bits per heavy atom. The van der Waals surface area contributed by atoms with E-state index < -0.39 is 0 Å². The molecule has 5 nitrogen and oxygen atoms in total. The van der Waals surface area contributed by atoms with Gasteiger partial charge in [0.05, 0.1) is 30.5 Å². The lowest BCUT2D eigenvalue weighted by Crippen LogP contribution is -2.37. The smallest absolute Gasteiger partial charge is 0.139 e. The fourth-order valence-electron chi connectivity index (χ4n) is 9.77. The van der Waals surface area contributed by atoms with Crippen LogP contribution in [0.5, 0.6) is 0 Å². The van der Waals surface area contributed by atoms with Crippen LogP contribution in [0.1, 0.15) is 135 Å². The zero-order valence-electron chi connectivity index (χ0n) is 26.1. The molecule has 6 rings (SSSR count). The van der Waals surface area contributed by atoms with Crippen LogP contribution in [-0.4, -0.2) is 49.2 Å². The molecule has 0 bridgehead atoms. The molecule has 5 heteroatoms. The first-order valence-electron chi connectivity index (χ1n) is 17.9. The first kappa shape index (κ1) is 30.3. The van der Waals surface area contributed by atoms with E-state index >= 15 is 0 Å². The van der Waals surface area contributed by atoms with Crippen molar-refractivity contribution in [2.45, 2.75) is 166 Å². The highest BCUT2D eigenvalue weighted by Gasteiger charge is 2.50. The summed E-state index contributed by atoms with van der Waals surface area (Å²) in [5.74, 6) is 4.01. The summed E-state index contributed by atoms with van der Waals surface area (Å²) in [6.07, 6.45) is 24.4. The van der Waals surface area contributed by atoms with Crippen LogP contribution in [0.25, 0.3) is 0 Å². The lowest BCUT2D eigenvalue weighted by molar-refractivity contribution is -0.134. The first-order valence-corrected chi connectivity index (χ1v) is 17.9. The summed E-state index contributed by atoms with van der Waals surface area (Å²) in [7, 11) is 1.78. The van der Waals surface area contributed by atoms with Gasteiger partial charge in [-0.15, -0.1) is 0 Å². The highest BCUT2D eigenvalue weighted by molar-refractivity contribution is 5.87. The highest BCUT2D eigenvalue weighted by atomic mass is 16.6. The molecule has 0 N–H and O–H groups in total. The number of epoxide rings is 1. The molecule has 4 atom stereocenters. The van der Waals surface area contributed by atoms with Crippen LogP contribution in [0.15, 0.2) is 0 Å². The van der Waals surface area contributed by atoms with Gasteiger partial charge in [0.15, 0.2) is 0 Å². The van der Waals surface area contributed by atoms with E-state index in [0.29, 0.717) is 42.1 Å². The second kappa shape index (κ2) is 13.9. The molecule has 0 aromatic heterocycles. The SMILES string of the molecule is COC1CCC(C(=O)C2CCCC(C(=O)C3CCC(OC4CCC(C5OC5C5CCC(C)CC5)CC4)CC3)C2)CC1. The third kappa shape index (κ3) is 7.48. The van der Waals surface area contributed by atoms with E-state index in [1.165, 1.54) is 51.4 Å². The molecule has 6 fully saturated rings. The van der Waals surface area contributed by atoms with Crippen LogP contribution in [0.4, 0.5) is 0 Å². The Kier molecular flexibility index (Phi) is 10.3. The van der Waals surface area contributed by atoms with E-state index in [2.05, 4.69) is 6.92 Å². The third-order valence-electron chi connectivity index (χ3n) is 12.6. The van der Waals surface area contributed by atoms with Crippen molar-refractivity contribution in [3.05, 3.63) is 0 Å². The van der Waals surface area contributed by atoms with Gasteiger partial charge in [0.2, 0.25) is 0 Å². The fourth-order valence-corrected chi connectivity index (χ4v) is 9.77. The minimum atomic E-state index is 0.108. The molecule has 5 aliphatic carbocycles. The Bertz CT molecular complexity index is 855. The molecule has 6 aliphatic rings. The zero-order chi connectivity index (χ0) is 28.3. The van der Waals surface area contributed by atoms with Gasteiger partial charge >= 0.3 is 0 Å². The van der Waals surface area contributed by atoms with Crippen molar-refractivity contribution in [3.63, 3.8) is 0 Å². The number of carbonyl (C=O) groups excluding carboxylic acids is 2. The monoisotopic (exact) mass is 570 g/mol. The average Bonchev–Trinajstić information content (AvgIpc) is 3.83. The molecule has 0 aromatic rings. The van der Waals surface area contributed by atoms with E-state index in [9.17, 15) is 9.59 Å². The van der Waals surface area contributed by atoms with Crippen molar-refractivity contribution in [2.24, 2.45) is 41.4 Å². The lowest BCUT2D eigenvalue weighted by Gasteiger charge is -2.36. The summed E-state index contributed by atoms with van der Waals surface area (Å²) < 4.78 is 18.4. The second-order valence-corrected chi connectivity index (χ2v) is 15.3. The van der Waals surface area contributed by atoms with E-state index in [1.54, 1.807) is 7.11 Å². The molecule has 4 unspecified atom stereocenters. The summed E-state index contributed by atoms with van der Waals surface area (Å²) in [4.78, 5) is 26.9. The maximum absolute atomic E-state index is 13.6. The quantitative estimate of drug-likeness (QED) is 0.264. The Hall–Kier alpha value is -0.780. The minimum absolute atomic E-state index is 0.108. The van der Waals surface area contributed by atoms with Gasteiger partial charge in [0.1, 0.15) is 11.6 Å². The minimum Gasteiger partial charge on any atom is -0.381 e. The number of ether oxygens (including phenoxy) is 3. The van der Waals surface area contributed by atoms with Gasteiger partial charge < -0.3 is 14.2 Å². The molecular formula is C36H58O5. The van der Waals surface area contributed by atoms with Crippen molar-refractivity contribution in [2.75, 3.05) is 7.11 Å². The summed E-state index contributed by atoms with van der Waals surface area (Å²) >= 11 is 0. The summed E-state index contributed by atoms with van der Waals surface area (Å²) in [5, 5.41) is 0. The molecular weight excluding hydrogens is 512 g/mol. The van der Waals surface area contributed by atoms with Crippen molar-refractivity contribution < 1.29 is 23.8 Å². The number of hydrogen-bond donors (Lipinski definition) is 0. The van der Waals surface area contributed by atoms with Crippen LogP contribution >= 0.6 is 0 Å². The van der Waals surface area contributed by atoms with Gasteiger partial charge in [0, 0.05) is 30.8 Å². The first-order chi connectivity index (χ1) is 20.0. The highest BCUT2D eigenvalue weighted by Crippen LogP contribution is 2.47. The predicted molar refractivity (Wildman–Crippen MR) is 161 cm³/mol. The summed E-state index contributed by atoms with van der Waals surface area (Å²) in [6.45, 7) is 2.40. The molecule has 0 radical (unpaired) electrons. The van der Waals surface area contributed by atoms with Gasteiger partial charge in [-0.3, -0.25) is 9.59 Å². The second-order valence-electron chi connectivity index (χ2n) is 15.3. The van der Waals surface area contributed by atoms with E-state index in [4.69, 9.17) is 14.2 Å². The molecule has 1 heterocycles. The van der Waals surface area contributed by atoms with Crippen LogP contribution in [0.3, 0.4) is 0 Å². The van der Waals surface area contributed by atoms with Gasteiger partial charge in [-0.25, -0.2) is 0 Å². The number of hydrogen-bond acceptors (Lipinski definition) is 5. The molecule has 0 amide bonds. The maximum Gasteiger partial charge on any atom is 0.139 e. The van der Waals surface area contributed by atoms with Crippen LogP contribution in [-0.2, 0) is 23.8 Å². The fraction of sp³-hybridized carbons (Fsp3) is 0.944. The number of methoxy groups -OCH3 is 1. The van der Waals surface area contributed by atoms with Gasteiger partial charge in [-0.05, 0) is 127 Å². The van der Waals surface area contributed by atoms with E-state index in [-0.39, 0.29) is 23.7 Å². The van der Waals surface area contributed by atoms with Crippen LogP contribution in [0, 0.1) is 41.4 Å². The molecule has 5 saturated carbocycles. The largest absolute Gasteiger partial charge is 0.381 e. The Morgan fingerprint density at radius 3 is 1.46 bits per heavy atom. The Balaban J connectivity index is 0.883. The zero-order valence-corrected chi connectivity index (χ0v) is 26.1. The van der Waals surface area contributed by atoms with Crippen molar-refractivity contribution in [1.29, 1.82) is 0 Å². The predicted octanol–water partition coefficient (Wildman–Crippen LogP) is 7.86. The Morgan fingerprint density at radius 2 is 0.976 bits per heavy atom. The maximum atomic E-state index is 13.6. The number of Topliss-reactive ketones (excluding diaryl/α,β-unsaturated/α-hetero) is 2. The Labute approximate surface area is 249 Å². The average molecular weight is 571 g/mol. The molecule has 1 saturated heterocycles. The van der Waals surface area contributed by atoms with Crippen molar-refractivity contribution in [1.82, 2.24) is 0 Å². The van der Waals surface area contributed by atoms with Crippen molar-refractivity contribution in [3.8, 4) is 0 Å². The topological polar surface area (TPSA) is 65.1 Å². The van der Waals surface area contributed by atoms with E-state index in [1.807, 2.05) is 0 Å². The normalized spacial score (nSPS) is 45.6. The molecule has 1 aliphatic heterocycles. The molecule has 232 valence electrons. The van der Waals surface area contributed by atoms with Crippen molar-refractivity contribution >= 4 is 11.6 Å². The number of ketones is 2. The van der Waals surface area contributed by atoms with Gasteiger partial charge in [0.25, 0.3) is 0 Å². The molecule has 41 heavy (non-hydrogen) atoms. The number of rotatable bonds is 9. The van der Waals surface area contributed by atoms with Crippen LogP contribution < -0.4 is 0 Å². The molecule has 0 spiro atoms. The molecule has 0 aromatic carbocycles. The van der Waals surface area contributed by atoms with Crippen LogP contribution in [0.2, 0.25) is 0 Å². The standard InChI is InChI=1S/C36H58O5/c1-23-6-8-26(9-7-23)35-36(41-35)27-14-20-32(21-15-27)40-31-18-12-25(13-19-31)34(38)29-5-3-4-28(22-29)33(37)24-10-16-30(39-2)17-11-24/h23-32,35-36H,3-22H2,1-2H3.